The Bertz CT molecular complexity index is 773. The van der Waals surface area contributed by atoms with E-state index in [2.05, 4.69) is 10.3 Å². The fourth-order valence-corrected chi connectivity index (χ4v) is 2.55. The van der Waals surface area contributed by atoms with Gasteiger partial charge in [0.2, 0.25) is 5.95 Å². The van der Waals surface area contributed by atoms with Crippen LogP contribution in [0.4, 0.5) is 15.9 Å². The molecule has 0 bridgehead atoms. The van der Waals surface area contributed by atoms with Crippen LogP contribution in [-0.2, 0) is 0 Å². The summed E-state index contributed by atoms with van der Waals surface area (Å²) in [5.41, 5.74) is 18.5. The molecule has 1 aromatic carbocycles. The van der Waals surface area contributed by atoms with Gasteiger partial charge in [0.1, 0.15) is 15.8 Å². The van der Waals surface area contributed by atoms with Gasteiger partial charge in [-0.2, -0.15) is 9.37 Å². The zero-order valence-electron chi connectivity index (χ0n) is 13.8. The Hall–Kier alpha value is -1.80. The molecule has 2 aromatic rings. The number of nitrogens with one attached hydrogen (secondary N) is 1. The van der Waals surface area contributed by atoms with Crippen LogP contribution in [0.5, 0.6) is 11.5 Å². The van der Waals surface area contributed by atoms with Crippen molar-refractivity contribution >= 4 is 34.7 Å². The van der Waals surface area contributed by atoms with E-state index in [1.165, 1.54) is 0 Å². The van der Waals surface area contributed by atoms with E-state index >= 15 is 0 Å². The standard InChI is InChI=1S/C16H20Cl2FN5O/c1-7(6-20)23-16-13(18)14(12(17)15(19)24-16)25-9-3-4-11(22)10(5-9)8(2)21/h3-5,7-8H,6,20-22H2,1-2H3,(H,23,24). The first kappa shape index (κ1) is 19.5. The molecule has 136 valence electrons. The van der Waals surface area contributed by atoms with Crippen LogP contribution in [-0.4, -0.2) is 17.6 Å². The van der Waals surface area contributed by atoms with Gasteiger partial charge in [0.25, 0.3) is 0 Å². The molecule has 0 saturated carbocycles. The minimum atomic E-state index is -0.907. The van der Waals surface area contributed by atoms with Gasteiger partial charge in [-0.15, -0.1) is 0 Å². The second kappa shape index (κ2) is 8.05. The highest BCUT2D eigenvalue weighted by Crippen LogP contribution is 2.41. The van der Waals surface area contributed by atoms with Crippen molar-refractivity contribution in [3.8, 4) is 11.5 Å². The summed E-state index contributed by atoms with van der Waals surface area (Å²) in [5.74, 6) is -0.494. The van der Waals surface area contributed by atoms with E-state index in [1.54, 1.807) is 32.0 Å². The van der Waals surface area contributed by atoms with Crippen molar-refractivity contribution in [1.82, 2.24) is 4.98 Å². The minimum Gasteiger partial charge on any atom is -0.454 e. The quantitative estimate of drug-likeness (QED) is 0.444. The van der Waals surface area contributed by atoms with Crippen LogP contribution in [0.15, 0.2) is 18.2 Å². The van der Waals surface area contributed by atoms with Gasteiger partial charge in [-0.1, -0.05) is 23.2 Å². The fraction of sp³-hybridized carbons (Fsp3) is 0.312. The maximum atomic E-state index is 14.1. The number of ether oxygens (including phenoxy) is 1. The monoisotopic (exact) mass is 387 g/mol. The van der Waals surface area contributed by atoms with Gasteiger partial charge < -0.3 is 27.3 Å². The molecule has 0 aliphatic carbocycles. The predicted octanol–water partition coefficient (Wildman–Crippen LogP) is 3.68. The molecule has 25 heavy (non-hydrogen) atoms. The van der Waals surface area contributed by atoms with Crippen molar-refractivity contribution in [2.45, 2.75) is 25.9 Å². The summed E-state index contributed by atoms with van der Waals surface area (Å²) in [7, 11) is 0. The highest BCUT2D eigenvalue weighted by atomic mass is 35.5. The molecule has 9 heteroatoms. The molecule has 7 N–H and O–H groups in total. The van der Waals surface area contributed by atoms with Gasteiger partial charge >= 0.3 is 0 Å². The van der Waals surface area contributed by atoms with E-state index in [4.69, 9.17) is 45.1 Å². The first-order valence-electron chi connectivity index (χ1n) is 7.58. The van der Waals surface area contributed by atoms with Crippen LogP contribution >= 0.6 is 23.2 Å². The summed E-state index contributed by atoms with van der Waals surface area (Å²) in [4.78, 5) is 3.71. The average Bonchev–Trinajstić information content (AvgIpc) is 2.57. The molecule has 2 atom stereocenters. The number of anilines is 2. The Kier molecular flexibility index (Phi) is 6.29. The molecule has 1 aromatic heterocycles. The smallest absolute Gasteiger partial charge is 0.237 e. The molecule has 2 rings (SSSR count). The summed E-state index contributed by atoms with van der Waals surface area (Å²) < 4.78 is 19.8. The van der Waals surface area contributed by atoms with Crippen molar-refractivity contribution < 1.29 is 9.13 Å². The summed E-state index contributed by atoms with van der Waals surface area (Å²) in [6.45, 7) is 3.91. The molecule has 0 aliphatic rings. The summed E-state index contributed by atoms with van der Waals surface area (Å²) in [5, 5.41) is 2.63. The normalized spacial score (nSPS) is 13.4. The molecular formula is C16H20Cl2FN5O. The predicted molar refractivity (Wildman–Crippen MR) is 99.9 cm³/mol. The molecule has 0 amide bonds. The van der Waals surface area contributed by atoms with Crippen molar-refractivity contribution in [2.24, 2.45) is 11.5 Å². The highest BCUT2D eigenvalue weighted by Gasteiger charge is 2.21. The second-order valence-corrected chi connectivity index (χ2v) is 6.43. The maximum Gasteiger partial charge on any atom is 0.237 e. The lowest BCUT2D eigenvalue weighted by atomic mass is 10.1. The molecule has 0 spiro atoms. The SMILES string of the molecule is CC(CN)Nc1nc(F)c(Cl)c(Oc2ccc(N)c(C(C)N)c2)c1Cl. The first-order valence-corrected chi connectivity index (χ1v) is 8.34. The molecule has 0 fully saturated rings. The maximum absolute atomic E-state index is 14.1. The highest BCUT2D eigenvalue weighted by molar-refractivity contribution is 6.38. The number of hydrogen-bond donors (Lipinski definition) is 4. The Morgan fingerprint density at radius 1 is 1.28 bits per heavy atom. The van der Waals surface area contributed by atoms with Gasteiger partial charge in [-0.05, 0) is 37.6 Å². The Balaban J connectivity index is 2.44. The Labute approximate surface area is 155 Å². The van der Waals surface area contributed by atoms with E-state index < -0.39 is 5.95 Å². The van der Waals surface area contributed by atoms with Gasteiger partial charge in [-0.25, -0.2) is 0 Å². The van der Waals surface area contributed by atoms with Crippen molar-refractivity contribution in [2.75, 3.05) is 17.6 Å². The topological polar surface area (TPSA) is 112 Å². The van der Waals surface area contributed by atoms with E-state index in [0.29, 0.717) is 23.5 Å². The minimum absolute atomic E-state index is 0.0471. The molecule has 0 radical (unpaired) electrons. The molecule has 6 nitrogen and oxygen atoms in total. The zero-order valence-corrected chi connectivity index (χ0v) is 15.3. The number of nitrogens with two attached hydrogens (primary N) is 3. The van der Waals surface area contributed by atoms with Crippen LogP contribution in [0.1, 0.15) is 25.5 Å². The van der Waals surface area contributed by atoms with Gasteiger partial charge in [-0.3, -0.25) is 0 Å². The fourth-order valence-electron chi connectivity index (χ4n) is 2.10. The molecule has 0 saturated heterocycles. The zero-order chi connectivity index (χ0) is 18.7. The Morgan fingerprint density at radius 3 is 2.56 bits per heavy atom. The lowest BCUT2D eigenvalue weighted by molar-refractivity contribution is 0.472. The van der Waals surface area contributed by atoms with E-state index in [9.17, 15) is 4.39 Å². The molecule has 1 heterocycles. The van der Waals surface area contributed by atoms with Crippen LogP contribution in [0.2, 0.25) is 10.0 Å². The van der Waals surface area contributed by atoms with E-state index in [0.717, 1.165) is 0 Å². The van der Waals surface area contributed by atoms with Crippen molar-refractivity contribution in [1.29, 1.82) is 0 Å². The third-order valence-electron chi connectivity index (χ3n) is 3.50. The lowest BCUT2D eigenvalue weighted by Gasteiger charge is -2.17. The molecular weight excluding hydrogens is 368 g/mol. The number of pyridine rings is 1. The summed E-state index contributed by atoms with van der Waals surface area (Å²) in [6.07, 6.45) is 0. The summed E-state index contributed by atoms with van der Waals surface area (Å²) in [6, 6.07) is 4.44. The van der Waals surface area contributed by atoms with Gasteiger partial charge in [0.15, 0.2) is 11.6 Å². The third-order valence-corrected chi connectivity index (χ3v) is 4.18. The van der Waals surface area contributed by atoms with Crippen LogP contribution in [0.25, 0.3) is 0 Å². The number of rotatable bonds is 6. The average molecular weight is 388 g/mol. The second-order valence-electron chi connectivity index (χ2n) is 5.67. The van der Waals surface area contributed by atoms with E-state index in [1.807, 2.05) is 0 Å². The molecule has 0 aliphatic heterocycles. The van der Waals surface area contributed by atoms with Gasteiger partial charge in [0, 0.05) is 24.3 Å². The largest absolute Gasteiger partial charge is 0.454 e. The number of nitrogens with zero attached hydrogens (tertiary/aromatic N) is 1. The number of nitrogen functional groups attached to an aromatic ring is 1. The van der Waals surface area contributed by atoms with Crippen LogP contribution in [0.3, 0.4) is 0 Å². The lowest BCUT2D eigenvalue weighted by Crippen LogP contribution is -2.26. The molecule has 2 unspecified atom stereocenters. The number of hydrogen-bond acceptors (Lipinski definition) is 6. The van der Waals surface area contributed by atoms with E-state index in [-0.39, 0.29) is 33.7 Å². The van der Waals surface area contributed by atoms with Crippen molar-refractivity contribution in [3.05, 3.63) is 39.8 Å². The summed E-state index contributed by atoms with van der Waals surface area (Å²) >= 11 is 12.3. The number of aromatic nitrogens is 1. The van der Waals surface area contributed by atoms with Gasteiger partial charge in [0.05, 0.1) is 0 Å². The Morgan fingerprint density at radius 2 is 1.96 bits per heavy atom. The first-order chi connectivity index (χ1) is 11.7. The van der Waals surface area contributed by atoms with Crippen molar-refractivity contribution in [3.63, 3.8) is 0 Å². The number of benzene rings is 1. The van der Waals surface area contributed by atoms with Crippen LogP contribution < -0.4 is 27.3 Å². The van der Waals surface area contributed by atoms with Crippen LogP contribution in [0, 0.1) is 5.95 Å². The third kappa shape index (κ3) is 4.43. The number of halogens is 3.